The number of nitrogens with zero attached hydrogens (tertiary/aromatic N) is 6. The third-order valence-corrected chi connectivity index (χ3v) is 4.01. The van der Waals surface area contributed by atoms with Crippen LogP contribution in [0.3, 0.4) is 0 Å². The zero-order valence-corrected chi connectivity index (χ0v) is 14.3. The normalized spacial score (nSPS) is 11.0. The highest BCUT2D eigenvalue weighted by atomic mass is 16.5. The summed E-state index contributed by atoms with van der Waals surface area (Å²) in [6.45, 7) is 0.102. The molecule has 2 heterocycles. The first kappa shape index (κ1) is 15.9. The van der Waals surface area contributed by atoms with Crippen molar-refractivity contribution >= 4 is 16.7 Å². The van der Waals surface area contributed by atoms with E-state index in [1.807, 2.05) is 42.5 Å². The lowest BCUT2D eigenvalue weighted by molar-refractivity contribution is -0.129. The lowest BCUT2D eigenvalue weighted by Crippen LogP contribution is -2.26. The Morgan fingerprint density at radius 3 is 2.81 bits per heavy atom. The van der Waals surface area contributed by atoms with Crippen LogP contribution in [0.5, 0.6) is 0 Å². The maximum atomic E-state index is 11.8. The van der Waals surface area contributed by atoms with E-state index in [1.54, 1.807) is 20.3 Å². The molecule has 26 heavy (non-hydrogen) atoms. The van der Waals surface area contributed by atoms with Gasteiger partial charge in [-0.25, -0.2) is 4.68 Å². The Morgan fingerprint density at radius 1 is 1.15 bits per heavy atom. The van der Waals surface area contributed by atoms with Crippen LogP contribution in [-0.4, -0.2) is 50.0 Å². The van der Waals surface area contributed by atoms with Crippen molar-refractivity contribution in [3.8, 4) is 23.0 Å². The molecule has 2 aromatic carbocycles. The largest absolute Gasteiger partial charge is 0.347 e. The topological polar surface area (TPSA) is 89.9 Å². The minimum absolute atomic E-state index is 0.0802. The summed E-state index contributed by atoms with van der Waals surface area (Å²) < 4.78 is 6.79. The maximum absolute atomic E-state index is 11.8. The summed E-state index contributed by atoms with van der Waals surface area (Å²) >= 11 is 0. The molecule has 0 N–H and O–H groups in total. The Balaban J connectivity index is 1.64. The number of aromatic nitrogens is 5. The van der Waals surface area contributed by atoms with Crippen LogP contribution >= 0.6 is 0 Å². The molecular weight excluding hydrogens is 332 g/mol. The number of amides is 1. The summed E-state index contributed by atoms with van der Waals surface area (Å²) in [5.41, 5.74) is 1.31. The highest BCUT2D eigenvalue weighted by Gasteiger charge is 2.16. The van der Waals surface area contributed by atoms with Crippen LogP contribution in [0.4, 0.5) is 0 Å². The highest BCUT2D eigenvalue weighted by Crippen LogP contribution is 2.27. The van der Waals surface area contributed by atoms with Gasteiger partial charge in [-0.05, 0) is 10.8 Å². The van der Waals surface area contributed by atoms with Gasteiger partial charge in [0, 0.05) is 19.7 Å². The lowest BCUT2D eigenvalue weighted by atomic mass is 10.0. The molecule has 4 rings (SSSR count). The first-order valence-corrected chi connectivity index (χ1v) is 8.04. The molecule has 8 nitrogen and oxygen atoms in total. The number of carbonyl (C=O) groups is 1. The Hall–Kier alpha value is -3.55. The van der Waals surface area contributed by atoms with Crippen molar-refractivity contribution in [2.45, 2.75) is 6.54 Å². The van der Waals surface area contributed by atoms with Crippen LogP contribution in [0.2, 0.25) is 0 Å². The van der Waals surface area contributed by atoms with E-state index in [1.165, 1.54) is 9.58 Å². The summed E-state index contributed by atoms with van der Waals surface area (Å²) in [4.78, 5) is 17.7. The number of fused-ring (bicyclic) bond motifs is 1. The zero-order chi connectivity index (χ0) is 18.1. The summed E-state index contributed by atoms with van der Waals surface area (Å²) in [5.74, 6) is 0.663. The van der Waals surface area contributed by atoms with E-state index in [2.05, 4.69) is 20.5 Å². The second-order valence-electron chi connectivity index (χ2n) is 6.04. The summed E-state index contributed by atoms with van der Waals surface area (Å²) in [7, 11) is 3.38. The van der Waals surface area contributed by atoms with Crippen LogP contribution in [0.1, 0.15) is 0 Å². The SMILES string of the molecule is CN(C)C(=O)Cn1cc(-c2nc(-c3cccc4ccccc34)no2)nn1. The number of hydrogen-bond acceptors (Lipinski definition) is 6. The molecule has 0 unspecified atom stereocenters. The van der Waals surface area contributed by atoms with E-state index in [0.29, 0.717) is 11.5 Å². The molecular formula is C18H16N6O2. The van der Waals surface area contributed by atoms with E-state index >= 15 is 0 Å². The number of carbonyl (C=O) groups excluding carboxylic acids is 1. The predicted octanol–water partition coefficient (Wildman–Crippen LogP) is 2.24. The molecule has 4 aromatic rings. The Morgan fingerprint density at radius 2 is 1.96 bits per heavy atom. The summed E-state index contributed by atoms with van der Waals surface area (Å²) in [6.07, 6.45) is 1.61. The van der Waals surface area contributed by atoms with Gasteiger partial charge in [-0.15, -0.1) is 5.10 Å². The minimum Gasteiger partial charge on any atom is -0.347 e. The molecule has 8 heteroatoms. The molecule has 130 valence electrons. The van der Waals surface area contributed by atoms with Crippen molar-refractivity contribution < 1.29 is 9.32 Å². The van der Waals surface area contributed by atoms with Gasteiger partial charge in [0.2, 0.25) is 11.7 Å². The molecule has 0 fully saturated rings. The fourth-order valence-corrected chi connectivity index (χ4v) is 2.61. The summed E-state index contributed by atoms with van der Waals surface area (Å²) in [6, 6.07) is 14.0. The number of hydrogen-bond donors (Lipinski definition) is 0. The molecule has 0 aliphatic heterocycles. The third kappa shape index (κ3) is 2.92. The van der Waals surface area contributed by atoms with E-state index in [-0.39, 0.29) is 18.3 Å². The van der Waals surface area contributed by atoms with Gasteiger partial charge in [0.25, 0.3) is 5.89 Å². The predicted molar refractivity (Wildman–Crippen MR) is 95.0 cm³/mol. The van der Waals surface area contributed by atoms with E-state index in [0.717, 1.165) is 16.3 Å². The fourth-order valence-electron chi connectivity index (χ4n) is 2.61. The van der Waals surface area contributed by atoms with Crippen LogP contribution in [0, 0.1) is 0 Å². The molecule has 0 saturated heterocycles. The zero-order valence-electron chi connectivity index (χ0n) is 14.3. The van der Waals surface area contributed by atoms with Gasteiger partial charge < -0.3 is 9.42 Å². The molecule has 1 amide bonds. The van der Waals surface area contributed by atoms with Crippen molar-refractivity contribution in [3.05, 3.63) is 48.7 Å². The molecule has 0 aliphatic carbocycles. The quantitative estimate of drug-likeness (QED) is 0.562. The van der Waals surface area contributed by atoms with Gasteiger partial charge >= 0.3 is 0 Å². The van der Waals surface area contributed by atoms with Crippen molar-refractivity contribution in [2.75, 3.05) is 14.1 Å². The number of likely N-dealkylation sites (N-methyl/N-ethyl adjacent to an activating group) is 1. The van der Waals surface area contributed by atoms with Gasteiger partial charge in [-0.3, -0.25) is 4.79 Å². The van der Waals surface area contributed by atoms with Crippen molar-refractivity contribution in [1.82, 2.24) is 30.0 Å². The average molecular weight is 348 g/mol. The number of benzene rings is 2. The van der Waals surface area contributed by atoms with E-state index in [9.17, 15) is 4.79 Å². The average Bonchev–Trinajstić information content (AvgIpc) is 3.30. The van der Waals surface area contributed by atoms with E-state index in [4.69, 9.17) is 4.52 Å². The Bertz CT molecular complexity index is 1080. The standard InChI is InChI=1S/C18H16N6O2/c1-23(2)16(25)11-24-10-15(20-22-24)18-19-17(21-26-18)14-9-5-7-12-6-3-4-8-13(12)14/h3-10H,11H2,1-2H3. The van der Waals surface area contributed by atoms with Gasteiger partial charge in [-0.1, -0.05) is 52.8 Å². The van der Waals surface area contributed by atoms with Gasteiger partial charge in [0.05, 0.1) is 6.20 Å². The maximum Gasteiger partial charge on any atom is 0.280 e. The molecule has 0 bridgehead atoms. The van der Waals surface area contributed by atoms with Crippen LogP contribution < -0.4 is 0 Å². The highest BCUT2D eigenvalue weighted by molar-refractivity contribution is 5.95. The van der Waals surface area contributed by atoms with Crippen LogP contribution in [-0.2, 0) is 11.3 Å². The minimum atomic E-state index is -0.0802. The first-order valence-electron chi connectivity index (χ1n) is 8.04. The fraction of sp³-hybridized carbons (Fsp3) is 0.167. The summed E-state index contributed by atoms with van der Waals surface area (Å²) in [5, 5.41) is 14.2. The monoisotopic (exact) mass is 348 g/mol. The van der Waals surface area contributed by atoms with Crippen molar-refractivity contribution in [3.63, 3.8) is 0 Å². The Kier molecular flexibility index (Phi) is 3.92. The molecule has 0 atom stereocenters. The second kappa shape index (κ2) is 6.40. The van der Waals surface area contributed by atoms with Gasteiger partial charge in [-0.2, -0.15) is 4.98 Å². The Labute approximate surface area is 149 Å². The van der Waals surface area contributed by atoms with Crippen molar-refractivity contribution in [2.24, 2.45) is 0 Å². The smallest absolute Gasteiger partial charge is 0.280 e. The first-order chi connectivity index (χ1) is 12.6. The van der Waals surface area contributed by atoms with E-state index < -0.39 is 0 Å². The number of rotatable bonds is 4. The second-order valence-corrected chi connectivity index (χ2v) is 6.04. The van der Waals surface area contributed by atoms with Gasteiger partial charge in [0.1, 0.15) is 6.54 Å². The molecule has 0 spiro atoms. The third-order valence-electron chi connectivity index (χ3n) is 4.01. The molecule has 0 aliphatic rings. The lowest BCUT2D eigenvalue weighted by Gasteiger charge is -2.08. The molecule has 2 aromatic heterocycles. The van der Waals surface area contributed by atoms with Gasteiger partial charge in [0.15, 0.2) is 5.69 Å². The van der Waals surface area contributed by atoms with Crippen LogP contribution in [0.25, 0.3) is 33.7 Å². The van der Waals surface area contributed by atoms with Crippen LogP contribution in [0.15, 0.2) is 53.2 Å². The molecule has 0 radical (unpaired) electrons. The molecule has 0 saturated carbocycles. The van der Waals surface area contributed by atoms with Crippen molar-refractivity contribution in [1.29, 1.82) is 0 Å².